The molecule has 0 unspecified atom stereocenters. The maximum atomic E-state index is 6.35. The van der Waals surface area contributed by atoms with Gasteiger partial charge in [0.15, 0.2) is 11.5 Å². The molecule has 3 aromatic heterocycles. The molecule has 1 fully saturated rings. The second kappa shape index (κ2) is 11.3. The van der Waals surface area contributed by atoms with Crippen LogP contribution in [-0.4, -0.2) is 63.3 Å². The van der Waals surface area contributed by atoms with Crippen molar-refractivity contribution in [2.24, 2.45) is 5.41 Å². The summed E-state index contributed by atoms with van der Waals surface area (Å²) >= 11 is 6.34. The molecule has 4 heterocycles. The van der Waals surface area contributed by atoms with Crippen LogP contribution in [-0.2, 0) is 25.9 Å². The summed E-state index contributed by atoms with van der Waals surface area (Å²) in [5.41, 5.74) is 5.57. The van der Waals surface area contributed by atoms with Crippen LogP contribution in [0.3, 0.4) is 0 Å². The van der Waals surface area contributed by atoms with Crippen molar-refractivity contribution in [2.45, 2.75) is 45.7 Å². The van der Waals surface area contributed by atoms with Crippen molar-refractivity contribution in [1.29, 1.82) is 0 Å². The molecule has 0 amide bonds. The minimum atomic E-state index is 0.182. The first kappa shape index (κ1) is 27.9. The number of hydrogen-bond donors (Lipinski definition) is 1. The van der Waals surface area contributed by atoms with Crippen LogP contribution >= 0.6 is 11.6 Å². The van der Waals surface area contributed by atoms with E-state index in [1.165, 1.54) is 34.9 Å². The number of fused-ring (bicyclic) bond motifs is 3. The number of anilines is 2. The average molecular weight is 597 g/mol. The van der Waals surface area contributed by atoms with Crippen LogP contribution < -0.4 is 15.0 Å². The van der Waals surface area contributed by atoms with Crippen LogP contribution in [0.4, 0.5) is 11.5 Å². The second-order valence-corrected chi connectivity index (χ2v) is 12.6. The summed E-state index contributed by atoms with van der Waals surface area (Å²) in [6.07, 6.45) is 6.06. The van der Waals surface area contributed by atoms with Gasteiger partial charge in [-0.1, -0.05) is 48.9 Å². The third kappa shape index (κ3) is 5.47. The van der Waals surface area contributed by atoms with Crippen LogP contribution in [0.2, 0.25) is 5.02 Å². The molecule has 43 heavy (non-hydrogen) atoms. The monoisotopic (exact) mass is 596 g/mol. The van der Waals surface area contributed by atoms with Crippen molar-refractivity contribution in [3.05, 3.63) is 82.4 Å². The van der Waals surface area contributed by atoms with Crippen molar-refractivity contribution in [2.75, 3.05) is 44.0 Å². The van der Waals surface area contributed by atoms with E-state index >= 15 is 0 Å². The normalized spacial score (nSPS) is 15.7. The summed E-state index contributed by atoms with van der Waals surface area (Å²) in [6, 6.07) is 17.3. The fourth-order valence-electron chi connectivity index (χ4n) is 6.41. The fourth-order valence-corrected chi connectivity index (χ4v) is 6.61. The Labute approximate surface area is 256 Å². The van der Waals surface area contributed by atoms with Crippen LogP contribution in [0.25, 0.3) is 16.4 Å². The molecular weight excluding hydrogens is 560 g/mol. The Hall–Kier alpha value is -3.95. The highest BCUT2D eigenvalue weighted by atomic mass is 35.5. The molecule has 5 aromatic rings. The Morgan fingerprint density at radius 1 is 1.05 bits per heavy atom. The van der Waals surface area contributed by atoms with Crippen LogP contribution in [0, 0.1) is 5.41 Å². The van der Waals surface area contributed by atoms with Crippen molar-refractivity contribution in [3.63, 3.8) is 0 Å². The standard InChI is InChI=1S/C33H37ClN8O/c1-4-22-8-5-9-23-10-6-12-27(29(22)23)41-17-13-24-26(19-41)36-32(43-21-33(14-15-33)20-40(2)3)37-30(24)35-18-28-38-39-31-25(34)11-7-16-42(28)31/h5-12,16H,4,13-15,17-21H2,1-3H3,(H,35,36,37). The van der Waals surface area contributed by atoms with Crippen molar-refractivity contribution in [1.82, 2.24) is 29.5 Å². The van der Waals surface area contributed by atoms with Crippen LogP contribution in [0.1, 0.15) is 42.4 Å². The molecule has 10 heteroatoms. The molecule has 0 saturated heterocycles. The van der Waals surface area contributed by atoms with Gasteiger partial charge in [0, 0.05) is 41.3 Å². The van der Waals surface area contributed by atoms with Gasteiger partial charge in [-0.2, -0.15) is 9.97 Å². The molecule has 0 spiro atoms. The summed E-state index contributed by atoms with van der Waals surface area (Å²) in [4.78, 5) is 14.6. The van der Waals surface area contributed by atoms with Gasteiger partial charge in [0.1, 0.15) is 5.82 Å². The van der Waals surface area contributed by atoms with E-state index in [0.717, 1.165) is 48.8 Å². The number of benzene rings is 2. The largest absolute Gasteiger partial charge is 0.463 e. The summed E-state index contributed by atoms with van der Waals surface area (Å²) in [6.45, 7) is 5.84. The second-order valence-electron chi connectivity index (χ2n) is 12.1. The van der Waals surface area contributed by atoms with Gasteiger partial charge in [0.05, 0.1) is 30.4 Å². The van der Waals surface area contributed by atoms with E-state index < -0.39 is 0 Å². The molecule has 1 saturated carbocycles. The molecule has 7 rings (SSSR count). The lowest BCUT2D eigenvalue weighted by Gasteiger charge is -2.32. The third-order valence-corrected chi connectivity index (χ3v) is 9.02. The Morgan fingerprint density at radius 3 is 2.67 bits per heavy atom. The van der Waals surface area contributed by atoms with Crippen molar-refractivity contribution >= 4 is 39.5 Å². The van der Waals surface area contributed by atoms with E-state index in [1.54, 1.807) is 0 Å². The van der Waals surface area contributed by atoms with Crippen LogP contribution in [0.5, 0.6) is 6.01 Å². The summed E-state index contributed by atoms with van der Waals surface area (Å²) in [5.74, 6) is 1.55. The quantitative estimate of drug-likeness (QED) is 0.217. The average Bonchev–Trinajstić information content (AvgIpc) is 3.64. The molecule has 2 aliphatic rings. The lowest BCUT2D eigenvalue weighted by atomic mass is 9.98. The number of ether oxygens (including phenoxy) is 1. The minimum Gasteiger partial charge on any atom is -0.463 e. The van der Waals surface area contributed by atoms with Gasteiger partial charge >= 0.3 is 6.01 Å². The Morgan fingerprint density at radius 2 is 1.88 bits per heavy atom. The molecule has 1 aliphatic heterocycles. The molecule has 1 aliphatic carbocycles. The SMILES string of the molecule is CCc1cccc2cccc(N3CCc4c(nc(OCC5(CN(C)C)CC5)nc4NCc4nnc5c(Cl)cccn45)C3)c12. The third-order valence-electron chi connectivity index (χ3n) is 8.72. The Balaban J connectivity index is 1.21. The van der Waals surface area contributed by atoms with Gasteiger partial charge in [0.25, 0.3) is 0 Å². The number of rotatable bonds is 10. The molecule has 0 radical (unpaired) electrons. The summed E-state index contributed by atoms with van der Waals surface area (Å²) < 4.78 is 8.26. The zero-order chi connectivity index (χ0) is 29.6. The van der Waals surface area contributed by atoms with E-state index in [4.69, 9.17) is 26.3 Å². The van der Waals surface area contributed by atoms with E-state index in [1.807, 2.05) is 22.7 Å². The molecule has 1 N–H and O–H groups in total. The number of aryl methyl sites for hydroxylation is 1. The maximum absolute atomic E-state index is 6.35. The molecule has 0 bridgehead atoms. The predicted molar refractivity (Wildman–Crippen MR) is 171 cm³/mol. The maximum Gasteiger partial charge on any atom is 0.318 e. The lowest BCUT2D eigenvalue weighted by molar-refractivity contribution is 0.182. The van der Waals surface area contributed by atoms with Crippen LogP contribution in [0.15, 0.2) is 54.7 Å². The summed E-state index contributed by atoms with van der Waals surface area (Å²) in [7, 11) is 4.23. The number of nitrogens with one attached hydrogen (secondary N) is 1. The predicted octanol–water partition coefficient (Wildman–Crippen LogP) is 5.78. The topological polar surface area (TPSA) is 83.7 Å². The highest BCUT2D eigenvalue weighted by Gasteiger charge is 2.44. The van der Waals surface area contributed by atoms with E-state index in [2.05, 4.69) is 82.7 Å². The van der Waals surface area contributed by atoms with Gasteiger partial charge in [-0.3, -0.25) is 4.40 Å². The number of hydrogen-bond acceptors (Lipinski definition) is 8. The molecular formula is C33H37ClN8O. The Kier molecular flexibility index (Phi) is 7.31. The van der Waals surface area contributed by atoms with Crippen molar-refractivity contribution in [3.8, 4) is 6.01 Å². The first-order valence-electron chi connectivity index (χ1n) is 15.1. The first-order chi connectivity index (χ1) is 20.9. The fraction of sp³-hybridized carbons (Fsp3) is 0.394. The van der Waals surface area contributed by atoms with Gasteiger partial charge < -0.3 is 19.9 Å². The van der Waals surface area contributed by atoms with E-state index in [9.17, 15) is 0 Å². The number of aromatic nitrogens is 5. The number of nitrogens with zero attached hydrogens (tertiary/aromatic N) is 7. The smallest absolute Gasteiger partial charge is 0.318 e. The van der Waals surface area contributed by atoms with Gasteiger partial charge in [-0.05, 0) is 68.9 Å². The molecule has 2 aromatic carbocycles. The zero-order valence-corrected chi connectivity index (χ0v) is 25.7. The van der Waals surface area contributed by atoms with E-state index in [0.29, 0.717) is 36.4 Å². The number of halogens is 1. The molecule has 9 nitrogen and oxygen atoms in total. The Bertz CT molecular complexity index is 1790. The number of pyridine rings is 1. The lowest BCUT2D eigenvalue weighted by Crippen LogP contribution is -2.33. The molecule has 0 atom stereocenters. The summed E-state index contributed by atoms with van der Waals surface area (Å²) in [5, 5.41) is 15.4. The van der Waals surface area contributed by atoms with E-state index in [-0.39, 0.29) is 5.41 Å². The molecule has 222 valence electrons. The first-order valence-corrected chi connectivity index (χ1v) is 15.5. The highest BCUT2D eigenvalue weighted by molar-refractivity contribution is 6.33. The van der Waals surface area contributed by atoms with Gasteiger partial charge in [0.2, 0.25) is 0 Å². The highest BCUT2D eigenvalue weighted by Crippen LogP contribution is 2.46. The van der Waals surface area contributed by atoms with Gasteiger partial charge in [-0.15, -0.1) is 10.2 Å². The minimum absolute atomic E-state index is 0.182. The zero-order valence-electron chi connectivity index (χ0n) is 25.0. The van der Waals surface area contributed by atoms with Gasteiger partial charge in [-0.25, -0.2) is 0 Å². The van der Waals surface area contributed by atoms with Crippen molar-refractivity contribution < 1.29 is 4.74 Å².